The van der Waals surface area contributed by atoms with Crippen molar-refractivity contribution in [1.82, 2.24) is 9.03 Å². The Morgan fingerprint density at radius 1 is 1.56 bits per heavy atom. The van der Waals surface area contributed by atoms with E-state index in [-0.39, 0.29) is 13.0 Å². The summed E-state index contributed by atoms with van der Waals surface area (Å²) < 4.78 is 27.4. The number of aliphatic carboxylic acids is 1. The summed E-state index contributed by atoms with van der Waals surface area (Å²) in [6.45, 7) is 2.88. The van der Waals surface area contributed by atoms with E-state index in [2.05, 4.69) is 4.72 Å². The summed E-state index contributed by atoms with van der Waals surface area (Å²) in [5.41, 5.74) is 0. The predicted octanol–water partition coefficient (Wildman–Crippen LogP) is -0.612. The molecule has 3 N–H and O–H groups in total. The zero-order valence-electron chi connectivity index (χ0n) is 10.4. The third-order valence-corrected chi connectivity index (χ3v) is 4.53. The molecule has 1 aliphatic heterocycles. The zero-order chi connectivity index (χ0) is 13.8. The number of piperidine rings is 1. The highest BCUT2D eigenvalue weighted by Gasteiger charge is 2.26. The largest absolute Gasteiger partial charge is 0.479 e. The first-order valence-corrected chi connectivity index (χ1v) is 7.42. The average molecular weight is 280 g/mol. The molecule has 0 aromatic rings. The molecular weight excluding hydrogens is 260 g/mol. The second kappa shape index (κ2) is 6.46. The fraction of sp³-hybridized carbons (Fsp3) is 0.900. The number of nitrogens with one attached hydrogen (secondary N) is 1. The van der Waals surface area contributed by atoms with Crippen LogP contribution in [-0.2, 0) is 15.0 Å². The first kappa shape index (κ1) is 15.4. The number of carbonyl (C=O) groups is 1. The second-order valence-corrected chi connectivity index (χ2v) is 6.40. The Hall–Kier alpha value is -0.700. The molecule has 0 aliphatic carbocycles. The summed E-state index contributed by atoms with van der Waals surface area (Å²) in [4.78, 5) is 10.4. The van der Waals surface area contributed by atoms with Crippen LogP contribution in [0.2, 0.25) is 0 Å². The van der Waals surface area contributed by atoms with Gasteiger partial charge in [-0.2, -0.15) is 12.7 Å². The molecule has 1 heterocycles. The van der Waals surface area contributed by atoms with Gasteiger partial charge in [0.2, 0.25) is 0 Å². The maximum absolute atomic E-state index is 11.9. The van der Waals surface area contributed by atoms with Crippen LogP contribution >= 0.6 is 0 Å². The van der Waals surface area contributed by atoms with Crippen LogP contribution in [0.4, 0.5) is 0 Å². The summed E-state index contributed by atoms with van der Waals surface area (Å²) >= 11 is 0. The van der Waals surface area contributed by atoms with Gasteiger partial charge in [0.25, 0.3) is 10.2 Å². The van der Waals surface area contributed by atoms with Crippen molar-refractivity contribution >= 4 is 16.2 Å². The second-order valence-electron chi connectivity index (χ2n) is 4.65. The molecule has 2 unspecified atom stereocenters. The Balaban J connectivity index is 2.42. The van der Waals surface area contributed by atoms with Gasteiger partial charge in [-0.1, -0.05) is 6.92 Å². The molecule has 18 heavy (non-hydrogen) atoms. The summed E-state index contributed by atoms with van der Waals surface area (Å²) in [5, 5.41) is 17.5. The molecule has 0 radical (unpaired) electrons. The van der Waals surface area contributed by atoms with Crippen LogP contribution in [0.5, 0.6) is 0 Å². The van der Waals surface area contributed by atoms with Gasteiger partial charge >= 0.3 is 5.97 Å². The Bertz CT molecular complexity index is 384. The minimum absolute atomic E-state index is 0.0827. The Labute approximate surface area is 107 Å². The Kier molecular flexibility index (Phi) is 5.51. The smallest absolute Gasteiger partial charge is 0.332 e. The molecule has 0 aromatic carbocycles. The van der Waals surface area contributed by atoms with Crippen LogP contribution in [0.15, 0.2) is 0 Å². The van der Waals surface area contributed by atoms with Crippen molar-refractivity contribution in [3.05, 3.63) is 0 Å². The SMILES string of the molecule is CC1CCCN(S(=O)(=O)NCCC(O)C(=O)O)C1. The molecule has 0 bridgehead atoms. The number of aliphatic hydroxyl groups is 1. The van der Waals surface area contributed by atoms with Gasteiger partial charge < -0.3 is 10.2 Å². The fourth-order valence-electron chi connectivity index (χ4n) is 1.90. The fourth-order valence-corrected chi connectivity index (χ4v) is 3.28. The molecule has 0 aromatic heterocycles. The Morgan fingerprint density at radius 3 is 2.78 bits per heavy atom. The van der Waals surface area contributed by atoms with Crippen molar-refractivity contribution in [2.24, 2.45) is 5.92 Å². The van der Waals surface area contributed by atoms with Crippen LogP contribution in [0.25, 0.3) is 0 Å². The highest BCUT2D eigenvalue weighted by molar-refractivity contribution is 7.87. The minimum atomic E-state index is -3.56. The van der Waals surface area contributed by atoms with Crippen molar-refractivity contribution < 1.29 is 23.4 Å². The molecule has 0 amide bonds. The van der Waals surface area contributed by atoms with Crippen molar-refractivity contribution in [3.8, 4) is 0 Å². The lowest BCUT2D eigenvalue weighted by molar-refractivity contribution is -0.146. The van der Waals surface area contributed by atoms with E-state index in [1.165, 1.54) is 4.31 Å². The molecule has 1 rings (SSSR count). The summed E-state index contributed by atoms with van der Waals surface area (Å²) in [5.74, 6) is -1.01. The standard InChI is InChI=1S/C10H20N2O5S/c1-8-3-2-6-12(7-8)18(16,17)11-5-4-9(13)10(14)15/h8-9,11,13H,2-7H2,1H3,(H,14,15). The van der Waals surface area contributed by atoms with E-state index in [1.807, 2.05) is 6.92 Å². The van der Waals surface area contributed by atoms with Crippen molar-refractivity contribution in [2.45, 2.75) is 32.3 Å². The number of hydrogen-bond acceptors (Lipinski definition) is 4. The van der Waals surface area contributed by atoms with Gasteiger partial charge in [-0.15, -0.1) is 0 Å². The van der Waals surface area contributed by atoms with Crippen LogP contribution in [0.3, 0.4) is 0 Å². The van der Waals surface area contributed by atoms with Gasteiger partial charge in [-0.05, 0) is 25.2 Å². The lowest BCUT2D eigenvalue weighted by Crippen LogP contribution is -2.46. The van der Waals surface area contributed by atoms with Gasteiger partial charge in [-0.25, -0.2) is 9.52 Å². The molecule has 1 aliphatic rings. The average Bonchev–Trinajstić information content (AvgIpc) is 2.28. The van der Waals surface area contributed by atoms with E-state index in [0.717, 1.165) is 12.8 Å². The third-order valence-electron chi connectivity index (χ3n) is 2.95. The van der Waals surface area contributed by atoms with Crippen molar-refractivity contribution in [2.75, 3.05) is 19.6 Å². The van der Waals surface area contributed by atoms with E-state index >= 15 is 0 Å². The molecule has 8 heteroatoms. The van der Waals surface area contributed by atoms with Crippen LogP contribution in [-0.4, -0.2) is 54.6 Å². The Morgan fingerprint density at radius 2 is 2.22 bits per heavy atom. The molecule has 106 valence electrons. The molecule has 1 saturated heterocycles. The van der Waals surface area contributed by atoms with Gasteiger partial charge in [-0.3, -0.25) is 0 Å². The quantitative estimate of drug-likeness (QED) is 0.601. The minimum Gasteiger partial charge on any atom is -0.479 e. The maximum atomic E-state index is 11.9. The topological polar surface area (TPSA) is 107 Å². The lowest BCUT2D eigenvalue weighted by Gasteiger charge is -2.30. The first-order valence-electron chi connectivity index (χ1n) is 5.98. The normalized spacial score (nSPS) is 23.8. The van der Waals surface area contributed by atoms with E-state index in [4.69, 9.17) is 10.2 Å². The molecule has 0 spiro atoms. The molecular formula is C10H20N2O5S. The summed E-state index contributed by atoms with van der Waals surface area (Å²) in [6.07, 6.45) is 0.176. The van der Waals surface area contributed by atoms with Gasteiger partial charge in [0, 0.05) is 19.6 Å². The van der Waals surface area contributed by atoms with Gasteiger partial charge in [0.1, 0.15) is 0 Å². The number of nitrogens with zero attached hydrogens (tertiary/aromatic N) is 1. The number of rotatable bonds is 6. The van der Waals surface area contributed by atoms with Crippen LogP contribution in [0.1, 0.15) is 26.2 Å². The zero-order valence-corrected chi connectivity index (χ0v) is 11.2. The van der Waals surface area contributed by atoms with Gasteiger partial charge in [0.15, 0.2) is 6.10 Å². The van der Waals surface area contributed by atoms with Crippen LogP contribution < -0.4 is 4.72 Å². The lowest BCUT2D eigenvalue weighted by atomic mass is 10.0. The number of carboxylic acid groups (broad SMARTS) is 1. The first-order chi connectivity index (χ1) is 8.33. The number of aliphatic hydroxyl groups excluding tert-OH is 1. The van der Waals surface area contributed by atoms with Crippen molar-refractivity contribution in [3.63, 3.8) is 0 Å². The number of carboxylic acids is 1. The van der Waals surface area contributed by atoms with E-state index < -0.39 is 22.3 Å². The summed E-state index contributed by atoms with van der Waals surface area (Å²) in [6, 6.07) is 0. The molecule has 7 nitrogen and oxygen atoms in total. The van der Waals surface area contributed by atoms with Crippen molar-refractivity contribution in [1.29, 1.82) is 0 Å². The number of hydrogen-bond donors (Lipinski definition) is 3. The molecule has 2 atom stereocenters. The maximum Gasteiger partial charge on any atom is 0.332 e. The van der Waals surface area contributed by atoms with Crippen LogP contribution in [0, 0.1) is 5.92 Å². The van der Waals surface area contributed by atoms with E-state index in [0.29, 0.717) is 19.0 Å². The monoisotopic (exact) mass is 280 g/mol. The highest BCUT2D eigenvalue weighted by atomic mass is 32.2. The van der Waals surface area contributed by atoms with Gasteiger partial charge in [0.05, 0.1) is 0 Å². The molecule has 1 fully saturated rings. The highest BCUT2D eigenvalue weighted by Crippen LogP contribution is 2.17. The molecule has 0 saturated carbocycles. The van der Waals surface area contributed by atoms with E-state index in [9.17, 15) is 13.2 Å². The van der Waals surface area contributed by atoms with E-state index in [1.54, 1.807) is 0 Å². The summed E-state index contributed by atoms with van der Waals surface area (Å²) in [7, 11) is -3.56. The third kappa shape index (κ3) is 4.52. The predicted molar refractivity (Wildman–Crippen MR) is 65.2 cm³/mol.